The predicted molar refractivity (Wildman–Crippen MR) is 150 cm³/mol. The van der Waals surface area contributed by atoms with Crippen molar-refractivity contribution in [1.29, 1.82) is 0 Å². The molecule has 8 heteroatoms. The maximum Gasteiger partial charge on any atom is 0.410 e. The van der Waals surface area contributed by atoms with E-state index < -0.39 is 5.60 Å². The van der Waals surface area contributed by atoms with E-state index in [2.05, 4.69) is 6.92 Å². The minimum absolute atomic E-state index is 0.0272. The number of carbonyl (C=O) groups is 2. The summed E-state index contributed by atoms with van der Waals surface area (Å²) in [4.78, 5) is 30.7. The number of piperidine rings is 1. The number of hydrogen-bond acceptors (Lipinski definition) is 6. The van der Waals surface area contributed by atoms with Crippen molar-refractivity contribution in [2.24, 2.45) is 0 Å². The monoisotopic (exact) mass is 534 g/mol. The fourth-order valence-electron chi connectivity index (χ4n) is 4.76. The van der Waals surface area contributed by atoms with Gasteiger partial charge in [0.2, 0.25) is 0 Å². The molecule has 2 amide bonds. The zero-order valence-electron chi connectivity index (χ0n) is 25.1. The molecule has 1 heterocycles. The second-order valence-electron chi connectivity index (χ2n) is 11.6. The molecule has 0 radical (unpaired) electrons. The van der Waals surface area contributed by atoms with E-state index in [-0.39, 0.29) is 30.2 Å². The Labute approximate surface area is 229 Å². The first-order valence-electron chi connectivity index (χ1n) is 14.1. The van der Waals surface area contributed by atoms with Crippen molar-refractivity contribution in [3.8, 4) is 11.5 Å². The number of hydrogen-bond donors (Lipinski definition) is 0. The van der Waals surface area contributed by atoms with Crippen LogP contribution in [0.5, 0.6) is 11.5 Å². The van der Waals surface area contributed by atoms with Gasteiger partial charge in [-0.3, -0.25) is 4.79 Å². The summed E-state index contributed by atoms with van der Waals surface area (Å²) < 4.78 is 23.0. The maximum absolute atomic E-state index is 14.2. The van der Waals surface area contributed by atoms with Crippen molar-refractivity contribution < 1.29 is 28.5 Å². The molecule has 38 heavy (non-hydrogen) atoms. The highest BCUT2D eigenvalue weighted by Crippen LogP contribution is 2.34. The van der Waals surface area contributed by atoms with Gasteiger partial charge in [0.05, 0.1) is 18.8 Å². The summed E-state index contributed by atoms with van der Waals surface area (Å²) in [5.74, 6) is 1.18. The van der Waals surface area contributed by atoms with Crippen molar-refractivity contribution in [3.05, 3.63) is 23.3 Å². The van der Waals surface area contributed by atoms with Gasteiger partial charge < -0.3 is 28.7 Å². The smallest absolute Gasteiger partial charge is 0.410 e. The van der Waals surface area contributed by atoms with Crippen molar-refractivity contribution >= 4 is 12.0 Å². The largest absolute Gasteiger partial charge is 0.490 e. The molecule has 1 saturated heterocycles. The molecule has 2 rings (SSSR count). The number of methoxy groups -OCH3 is 1. The Morgan fingerprint density at radius 3 is 2.39 bits per heavy atom. The Morgan fingerprint density at radius 2 is 1.82 bits per heavy atom. The predicted octanol–water partition coefficient (Wildman–Crippen LogP) is 6.09. The molecule has 0 bridgehead atoms. The normalized spacial score (nSPS) is 16.1. The Bertz CT molecular complexity index is 909. The SMILES string of the molecule is CCCc1cc(OC(C)C)c(OCCCOC)cc1C(=O)N(C(C)C)[C@@H]1CCCN(C(=O)OC(C)(C)C)C1. The molecular weight excluding hydrogens is 484 g/mol. The van der Waals surface area contributed by atoms with Crippen LogP contribution >= 0.6 is 0 Å². The summed E-state index contributed by atoms with van der Waals surface area (Å²) in [6.07, 6.45) is 3.68. The van der Waals surface area contributed by atoms with E-state index in [4.69, 9.17) is 18.9 Å². The Morgan fingerprint density at radius 1 is 1.11 bits per heavy atom. The minimum Gasteiger partial charge on any atom is -0.490 e. The molecule has 1 aromatic carbocycles. The Kier molecular flexibility index (Phi) is 12.2. The summed E-state index contributed by atoms with van der Waals surface area (Å²) in [6, 6.07) is 3.67. The molecule has 8 nitrogen and oxygen atoms in total. The van der Waals surface area contributed by atoms with Crippen LogP contribution in [0.4, 0.5) is 4.79 Å². The molecule has 1 aliphatic rings. The second kappa shape index (κ2) is 14.6. The molecule has 1 aliphatic heterocycles. The van der Waals surface area contributed by atoms with E-state index in [0.717, 1.165) is 37.7 Å². The fourth-order valence-corrected chi connectivity index (χ4v) is 4.76. The van der Waals surface area contributed by atoms with Crippen molar-refractivity contribution in [2.75, 3.05) is 33.4 Å². The lowest BCUT2D eigenvalue weighted by Crippen LogP contribution is -2.54. The van der Waals surface area contributed by atoms with Crippen LogP contribution in [0.2, 0.25) is 0 Å². The first-order valence-corrected chi connectivity index (χ1v) is 14.1. The highest BCUT2D eigenvalue weighted by atomic mass is 16.6. The lowest BCUT2D eigenvalue weighted by atomic mass is 9.97. The van der Waals surface area contributed by atoms with Crippen LogP contribution in [0.15, 0.2) is 12.1 Å². The third-order valence-electron chi connectivity index (χ3n) is 6.26. The molecular formula is C30H50N2O6. The van der Waals surface area contributed by atoms with Crippen LogP contribution in [0.25, 0.3) is 0 Å². The molecule has 1 aromatic rings. The lowest BCUT2D eigenvalue weighted by Gasteiger charge is -2.42. The van der Waals surface area contributed by atoms with Gasteiger partial charge in [-0.25, -0.2) is 4.79 Å². The van der Waals surface area contributed by atoms with E-state index in [9.17, 15) is 9.59 Å². The van der Waals surface area contributed by atoms with Gasteiger partial charge in [-0.1, -0.05) is 13.3 Å². The molecule has 0 unspecified atom stereocenters. The van der Waals surface area contributed by atoms with E-state index in [1.54, 1.807) is 12.0 Å². The number of ether oxygens (including phenoxy) is 4. The molecule has 1 fully saturated rings. The number of benzene rings is 1. The first-order chi connectivity index (χ1) is 17.9. The highest BCUT2D eigenvalue weighted by Gasteiger charge is 2.35. The highest BCUT2D eigenvalue weighted by molar-refractivity contribution is 5.97. The van der Waals surface area contributed by atoms with Gasteiger partial charge in [-0.2, -0.15) is 0 Å². The van der Waals surface area contributed by atoms with E-state index >= 15 is 0 Å². The van der Waals surface area contributed by atoms with Gasteiger partial charge in [-0.15, -0.1) is 0 Å². The number of carbonyl (C=O) groups excluding carboxylic acids is 2. The zero-order valence-corrected chi connectivity index (χ0v) is 25.1. The van der Waals surface area contributed by atoms with Crippen LogP contribution in [0, 0.1) is 0 Å². The van der Waals surface area contributed by atoms with Crippen LogP contribution in [0.1, 0.15) is 97.0 Å². The molecule has 0 saturated carbocycles. The minimum atomic E-state index is -0.563. The van der Waals surface area contributed by atoms with Crippen LogP contribution in [-0.4, -0.2) is 79.0 Å². The summed E-state index contributed by atoms with van der Waals surface area (Å²) in [5, 5.41) is 0. The van der Waals surface area contributed by atoms with Gasteiger partial charge in [0, 0.05) is 44.8 Å². The van der Waals surface area contributed by atoms with E-state index in [1.807, 2.05) is 65.5 Å². The van der Waals surface area contributed by atoms with Gasteiger partial charge in [0.1, 0.15) is 5.60 Å². The van der Waals surface area contributed by atoms with Crippen molar-refractivity contribution in [2.45, 2.75) is 111 Å². The number of aryl methyl sites for hydroxylation is 1. The Hall–Kier alpha value is -2.48. The first kappa shape index (κ1) is 31.7. The summed E-state index contributed by atoms with van der Waals surface area (Å²) >= 11 is 0. The molecule has 0 aliphatic carbocycles. The van der Waals surface area contributed by atoms with E-state index in [1.165, 1.54) is 0 Å². The van der Waals surface area contributed by atoms with E-state index in [0.29, 0.717) is 43.4 Å². The standard InChI is InChI=1S/C30H50N2O6/c1-10-13-23-18-27(37-22(4)5)26(36-17-12-16-35-9)19-25(23)28(33)32(21(2)3)24-14-11-15-31(20-24)29(34)38-30(6,7)8/h18-19,21-22,24H,10-17,20H2,1-9H3/t24-/m1/s1. The topological polar surface area (TPSA) is 77.5 Å². The number of likely N-dealkylation sites (tertiary alicyclic amines) is 1. The average Bonchev–Trinajstić information content (AvgIpc) is 2.81. The van der Waals surface area contributed by atoms with Gasteiger partial charge >= 0.3 is 6.09 Å². The molecule has 216 valence electrons. The van der Waals surface area contributed by atoms with Crippen molar-refractivity contribution in [1.82, 2.24) is 9.80 Å². The third-order valence-corrected chi connectivity index (χ3v) is 6.26. The number of nitrogens with zero attached hydrogens (tertiary/aromatic N) is 2. The van der Waals surface area contributed by atoms with Crippen LogP contribution in [0.3, 0.4) is 0 Å². The molecule has 0 N–H and O–H groups in total. The zero-order chi connectivity index (χ0) is 28.5. The quantitative estimate of drug-likeness (QED) is 0.302. The fraction of sp³-hybridized carbons (Fsp3) is 0.733. The van der Waals surface area contributed by atoms with Crippen molar-refractivity contribution in [3.63, 3.8) is 0 Å². The molecule has 0 spiro atoms. The lowest BCUT2D eigenvalue weighted by molar-refractivity contribution is 0.00749. The Balaban J connectivity index is 2.41. The van der Waals surface area contributed by atoms with Gasteiger partial charge in [-0.05, 0) is 85.4 Å². The van der Waals surface area contributed by atoms with Crippen LogP contribution < -0.4 is 9.47 Å². The third kappa shape index (κ3) is 9.37. The maximum atomic E-state index is 14.2. The average molecular weight is 535 g/mol. The number of amides is 2. The molecule has 1 atom stereocenters. The summed E-state index contributed by atoms with van der Waals surface area (Å²) in [7, 11) is 1.67. The molecule has 0 aromatic heterocycles. The van der Waals surface area contributed by atoms with Gasteiger partial charge in [0.25, 0.3) is 5.91 Å². The summed E-state index contributed by atoms with van der Waals surface area (Å²) in [6.45, 7) is 17.9. The van der Waals surface area contributed by atoms with Gasteiger partial charge in [0.15, 0.2) is 11.5 Å². The number of rotatable bonds is 12. The second-order valence-corrected chi connectivity index (χ2v) is 11.6. The summed E-state index contributed by atoms with van der Waals surface area (Å²) in [5.41, 5.74) is 1.02. The van der Waals surface area contributed by atoms with Crippen LogP contribution in [-0.2, 0) is 15.9 Å².